The van der Waals surface area contributed by atoms with Gasteiger partial charge < -0.3 is 14.8 Å². The van der Waals surface area contributed by atoms with Crippen molar-refractivity contribution in [1.29, 1.82) is 0 Å². The van der Waals surface area contributed by atoms with E-state index < -0.39 is 0 Å². The molecule has 1 heterocycles. The van der Waals surface area contributed by atoms with E-state index in [-0.39, 0.29) is 0 Å². The van der Waals surface area contributed by atoms with Gasteiger partial charge in [0.25, 0.3) is 0 Å². The molecule has 0 saturated heterocycles. The highest BCUT2D eigenvalue weighted by molar-refractivity contribution is 9.10. The summed E-state index contributed by atoms with van der Waals surface area (Å²) in [4.78, 5) is 0. The number of fused-ring (bicyclic) bond motifs is 1. The molecule has 1 aliphatic carbocycles. The van der Waals surface area contributed by atoms with Gasteiger partial charge in [-0.1, -0.05) is 19.8 Å². The third-order valence-corrected chi connectivity index (χ3v) is 4.93. The van der Waals surface area contributed by atoms with Crippen LogP contribution in [0.4, 0.5) is 0 Å². The van der Waals surface area contributed by atoms with Crippen molar-refractivity contribution in [3.63, 3.8) is 0 Å². The molecule has 0 amide bonds. The minimum absolute atomic E-state index is 0.325. The zero-order valence-corrected chi connectivity index (χ0v) is 13.5. The summed E-state index contributed by atoms with van der Waals surface area (Å²) in [5, 5.41) is 3.70. The van der Waals surface area contributed by atoms with E-state index in [9.17, 15) is 0 Å². The fourth-order valence-electron chi connectivity index (χ4n) is 3.08. The van der Waals surface area contributed by atoms with Gasteiger partial charge in [-0.2, -0.15) is 0 Å². The Morgan fingerprint density at radius 1 is 1.20 bits per heavy atom. The standard InChI is InChI=1S/C16H22BrNO2/c1-11-3-2-4-13(6-5-11)18-9-12-7-14(17)16-15(8-12)19-10-20-16/h7-8,11,13,18H,2-6,9-10H2,1H3. The Morgan fingerprint density at radius 3 is 3.00 bits per heavy atom. The topological polar surface area (TPSA) is 30.5 Å². The van der Waals surface area contributed by atoms with Crippen molar-refractivity contribution in [3.05, 3.63) is 22.2 Å². The van der Waals surface area contributed by atoms with Crippen LogP contribution in [0.2, 0.25) is 0 Å². The molecule has 0 spiro atoms. The monoisotopic (exact) mass is 339 g/mol. The zero-order valence-electron chi connectivity index (χ0n) is 12.0. The second-order valence-electron chi connectivity index (χ2n) is 6.00. The van der Waals surface area contributed by atoms with Crippen LogP contribution in [0.1, 0.15) is 44.6 Å². The van der Waals surface area contributed by atoms with Crippen LogP contribution in [0.5, 0.6) is 11.5 Å². The number of halogens is 1. The fraction of sp³-hybridized carbons (Fsp3) is 0.625. The van der Waals surface area contributed by atoms with Crippen LogP contribution in [-0.4, -0.2) is 12.8 Å². The smallest absolute Gasteiger partial charge is 0.231 e. The highest BCUT2D eigenvalue weighted by Crippen LogP contribution is 2.40. The van der Waals surface area contributed by atoms with E-state index >= 15 is 0 Å². The maximum Gasteiger partial charge on any atom is 0.231 e. The molecule has 1 saturated carbocycles. The van der Waals surface area contributed by atoms with Crippen molar-refractivity contribution in [1.82, 2.24) is 5.32 Å². The van der Waals surface area contributed by atoms with Gasteiger partial charge in [-0.3, -0.25) is 0 Å². The Bertz CT molecular complexity index is 478. The second-order valence-corrected chi connectivity index (χ2v) is 6.86. The van der Waals surface area contributed by atoms with Crippen LogP contribution in [0.3, 0.4) is 0 Å². The SMILES string of the molecule is CC1CCCC(NCc2cc(Br)c3c(c2)OCO3)CC1. The first-order chi connectivity index (χ1) is 9.72. The van der Waals surface area contributed by atoms with Crippen molar-refractivity contribution in [2.45, 2.75) is 51.6 Å². The first-order valence-corrected chi connectivity index (χ1v) is 8.33. The van der Waals surface area contributed by atoms with Crippen LogP contribution >= 0.6 is 15.9 Å². The molecular weight excluding hydrogens is 318 g/mol. The Kier molecular flexibility index (Phi) is 4.51. The molecule has 0 bridgehead atoms. The van der Waals surface area contributed by atoms with Gasteiger partial charge in [0.2, 0.25) is 6.79 Å². The summed E-state index contributed by atoms with van der Waals surface area (Å²) < 4.78 is 11.9. The molecule has 0 aromatic heterocycles. The van der Waals surface area contributed by atoms with E-state index in [1.807, 2.05) is 0 Å². The molecule has 110 valence electrons. The lowest BCUT2D eigenvalue weighted by atomic mass is 10.0. The number of benzene rings is 1. The lowest BCUT2D eigenvalue weighted by Crippen LogP contribution is -2.27. The highest BCUT2D eigenvalue weighted by atomic mass is 79.9. The Balaban J connectivity index is 1.59. The zero-order chi connectivity index (χ0) is 13.9. The predicted octanol–water partition coefficient (Wildman–Crippen LogP) is 4.24. The molecule has 3 nitrogen and oxygen atoms in total. The van der Waals surface area contributed by atoms with Gasteiger partial charge in [-0.25, -0.2) is 0 Å². The van der Waals surface area contributed by atoms with E-state index in [2.05, 4.69) is 40.3 Å². The van der Waals surface area contributed by atoms with Crippen LogP contribution in [0.15, 0.2) is 16.6 Å². The summed E-state index contributed by atoms with van der Waals surface area (Å²) in [6.07, 6.45) is 6.68. The van der Waals surface area contributed by atoms with Crippen LogP contribution < -0.4 is 14.8 Å². The Labute approximate surface area is 129 Å². The first kappa shape index (κ1) is 14.2. The molecule has 4 heteroatoms. The molecule has 1 aromatic rings. The van der Waals surface area contributed by atoms with Gasteiger partial charge >= 0.3 is 0 Å². The van der Waals surface area contributed by atoms with E-state index in [1.165, 1.54) is 37.7 Å². The molecule has 1 N–H and O–H groups in total. The third-order valence-electron chi connectivity index (χ3n) is 4.34. The quantitative estimate of drug-likeness (QED) is 0.835. The molecule has 3 rings (SSSR count). The van der Waals surface area contributed by atoms with Gasteiger partial charge in [-0.05, 0) is 58.8 Å². The minimum Gasteiger partial charge on any atom is -0.454 e. The number of ether oxygens (including phenoxy) is 2. The average molecular weight is 340 g/mol. The van der Waals surface area contributed by atoms with Crippen LogP contribution in [0.25, 0.3) is 0 Å². The number of rotatable bonds is 3. The molecule has 1 fully saturated rings. The fourth-order valence-corrected chi connectivity index (χ4v) is 3.68. The summed E-state index contributed by atoms with van der Waals surface area (Å²) in [7, 11) is 0. The highest BCUT2D eigenvalue weighted by Gasteiger charge is 2.19. The van der Waals surface area contributed by atoms with Crippen molar-refractivity contribution in [2.24, 2.45) is 5.92 Å². The van der Waals surface area contributed by atoms with Gasteiger partial charge in [0, 0.05) is 12.6 Å². The van der Waals surface area contributed by atoms with Gasteiger partial charge in [-0.15, -0.1) is 0 Å². The summed E-state index contributed by atoms with van der Waals surface area (Å²) in [5.74, 6) is 2.57. The maximum absolute atomic E-state index is 5.47. The second kappa shape index (κ2) is 6.35. The number of hydrogen-bond acceptors (Lipinski definition) is 3. The van der Waals surface area contributed by atoms with Crippen molar-refractivity contribution in [3.8, 4) is 11.5 Å². The molecule has 2 aliphatic rings. The molecule has 1 aliphatic heterocycles. The normalized spacial score (nSPS) is 25.5. The lowest BCUT2D eigenvalue weighted by Gasteiger charge is -2.16. The lowest BCUT2D eigenvalue weighted by molar-refractivity contribution is 0.173. The summed E-state index contributed by atoms with van der Waals surface area (Å²) >= 11 is 3.55. The van der Waals surface area contributed by atoms with Crippen molar-refractivity contribution < 1.29 is 9.47 Å². The van der Waals surface area contributed by atoms with E-state index in [4.69, 9.17) is 9.47 Å². The summed E-state index contributed by atoms with van der Waals surface area (Å²) in [6.45, 7) is 3.59. The van der Waals surface area contributed by atoms with Crippen LogP contribution in [-0.2, 0) is 6.54 Å². The predicted molar refractivity (Wildman–Crippen MR) is 83.1 cm³/mol. The Hall–Kier alpha value is -0.740. The first-order valence-electron chi connectivity index (χ1n) is 7.54. The van der Waals surface area contributed by atoms with Gasteiger partial charge in [0.1, 0.15) is 0 Å². The van der Waals surface area contributed by atoms with E-state index in [0.717, 1.165) is 28.4 Å². The largest absolute Gasteiger partial charge is 0.454 e. The summed E-state index contributed by atoms with van der Waals surface area (Å²) in [5.41, 5.74) is 1.25. The molecule has 2 unspecified atom stereocenters. The summed E-state index contributed by atoms with van der Waals surface area (Å²) in [6, 6.07) is 4.86. The molecule has 2 atom stereocenters. The van der Waals surface area contributed by atoms with E-state index in [1.54, 1.807) is 0 Å². The maximum atomic E-state index is 5.47. The van der Waals surface area contributed by atoms with E-state index in [0.29, 0.717) is 12.8 Å². The van der Waals surface area contributed by atoms with Gasteiger partial charge in [0.15, 0.2) is 11.5 Å². The number of hydrogen-bond donors (Lipinski definition) is 1. The molecular formula is C16H22BrNO2. The van der Waals surface area contributed by atoms with Crippen molar-refractivity contribution >= 4 is 15.9 Å². The molecule has 20 heavy (non-hydrogen) atoms. The number of nitrogens with one attached hydrogen (secondary N) is 1. The van der Waals surface area contributed by atoms with Crippen molar-refractivity contribution in [2.75, 3.05) is 6.79 Å². The third kappa shape index (κ3) is 3.29. The molecule has 0 radical (unpaired) electrons. The average Bonchev–Trinajstić information content (AvgIpc) is 2.80. The Morgan fingerprint density at radius 2 is 2.10 bits per heavy atom. The minimum atomic E-state index is 0.325. The van der Waals surface area contributed by atoms with Crippen LogP contribution in [0, 0.1) is 5.92 Å². The molecule has 1 aromatic carbocycles. The van der Waals surface area contributed by atoms with Gasteiger partial charge in [0.05, 0.1) is 4.47 Å².